The van der Waals surface area contributed by atoms with E-state index in [2.05, 4.69) is 6.58 Å². The fourth-order valence-corrected chi connectivity index (χ4v) is 3.53. The van der Waals surface area contributed by atoms with Crippen molar-refractivity contribution in [1.29, 1.82) is 0 Å². The number of esters is 1. The lowest BCUT2D eigenvalue weighted by atomic mass is 10.2. The molecule has 3 aromatic rings. The minimum absolute atomic E-state index is 0.0708. The number of nitrogens with zero attached hydrogens (tertiary/aromatic N) is 1. The summed E-state index contributed by atoms with van der Waals surface area (Å²) in [4.78, 5) is 37.1. The fourth-order valence-electron chi connectivity index (χ4n) is 3.53. The van der Waals surface area contributed by atoms with Gasteiger partial charge in [0.2, 0.25) is 6.79 Å². The van der Waals surface area contributed by atoms with Gasteiger partial charge >= 0.3 is 5.97 Å². The van der Waals surface area contributed by atoms with Gasteiger partial charge in [0.15, 0.2) is 0 Å². The van der Waals surface area contributed by atoms with Crippen molar-refractivity contribution in [2.45, 2.75) is 12.8 Å². The van der Waals surface area contributed by atoms with Crippen LogP contribution in [0.2, 0.25) is 0 Å². The Morgan fingerprint density at radius 1 is 0.692 bits per heavy atom. The maximum atomic E-state index is 12.5. The van der Waals surface area contributed by atoms with Crippen LogP contribution in [0.4, 0.5) is 5.69 Å². The third kappa shape index (κ3) is 7.72. The quantitative estimate of drug-likeness (QED) is 0.0713. The van der Waals surface area contributed by atoms with Gasteiger partial charge in [0, 0.05) is 12.2 Å². The Kier molecular flexibility index (Phi) is 9.33. The molecule has 0 saturated heterocycles. The standard InChI is InChI=1S/C30H27NO8/c1-2-35-19-3-4-20-36-24-9-5-22(6-10-24)30(34)39-27-15-13-26(14-16-27)38-21-37-25-11-7-23(8-12-25)31-28(32)17-18-29(31)33/h2,5-18H,1,3-4,19-21H2. The maximum Gasteiger partial charge on any atom is 0.343 e. The van der Waals surface area contributed by atoms with Crippen molar-refractivity contribution >= 4 is 23.5 Å². The summed E-state index contributed by atoms with van der Waals surface area (Å²) in [6.07, 6.45) is 5.59. The van der Waals surface area contributed by atoms with Crippen molar-refractivity contribution in [3.8, 4) is 23.0 Å². The number of hydrogen-bond donors (Lipinski definition) is 0. The Balaban J connectivity index is 1.18. The molecule has 9 heteroatoms. The van der Waals surface area contributed by atoms with E-state index in [-0.39, 0.29) is 18.6 Å². The second kappa shape index (κ2) is 13.5. The average Bonchev–Trinajstić information content (AvgIpc) is 3.29. The molecule has 39 heavy (non-hydrogen) atoms. The number of benzene rings is 3. The molecule has 0 N–H and O–H groups in total. The van der Waals surface area contributed by atoms with Crippen LogP contribution in [0.25, 0.3) is 0 Å². The zero-order chi connectivity index (χ0) is 27.5. The van der Waals surface area contributed by atoms with Gasteiger partial charge in [0.25, 0.3) is 11.8 Å². The Bertz CT molecular complexity index is 1300. The zero-order valence-electron chi connectivity index (χ0n) is 21.1. The normalized spacial score (nSPS) is 12.3. The van der Waals surface area contributed by atoms with Gasteiger partial charge in [-0.05, 0) is 85.6 Å². The second-order valence-corrected chi connectivity index (χ2v) is 8.22. The summed E-state index contributed by atoms with van der Waals surface area (Å²) in [5.41, 5.74) is 0.857. The molecule has 0 spiro atoms. The summed E-state index contributed by atoms with van der Waals surface area (Å²) < 4.78 is 27.3. The monoisotopic (exact) mass is 529 g/mol. The highest BCUT2D eigenvalue weighted by atomic mass is 16.7. The van der Waals surface area contributed by atoms with Gasteiger partial charge < -0.3 is 23.7 Å². The Labute approximate surface area is 225 Å². The van der Waals surface area contributed by atoms with Crippen molar-refractivity contribution in [2.24, 2.45) is 0 Å². The molecule has 0 unspecified atom stereocenters. The number of rotatable bonds is 14. The predicted molar refractivity (Wildman–Crippen MR) is 143 cm³/mol. The molecule has 0 atom stereocenters. The van der Waals surface area contributed by atoms with Crippen LogP contribution in [0.5, 0.6) is 23.0 Å². The van der Waals surface area contributed by atoms with E-state index in [1.54, 1.807) is 72.8 Å². The first-order valence-corrected chi connectivity index (χ1v) is 12.2. The van der Waals surface area contributed by atoms with Crippen LogP contribution in [-0.4, -0.2) is 37.8 Å². The molecule has 0 saturated carbocycles. The van der Waals surface area contributed by atoms with Crippen molar-refractivity contribution in [1.82, 2.24) is 0 Å². The van der Waals surface area contributed by atoms with Gasteiger partial charge in [-0.3, -0.25) is 9.59 Å². The first-order chi connectivity index (χ1) is 19.0. The lowest BCUT2D eigenvalue weighted by Gasteiger charge is -2.14. The number of amides is 2. The largest absolute Gasteiger partial charge is 0.502 e. The van der Waals surface area contributed by atoms with Crippen molar-refractivity contribution in [3.63, 3.8) is 0 Å². The Morgan fingerprint density at radius 2 is 1.21 bits per heavy atom. The van der Waals surface area contributed by atoms with Crippen molar-refractivity contribution < 1.29 is 38.1 Å². The first kappa shape index (κ1) is 27.0. The smallest absolute Gasteiger partial charge is 0.343 e. The zero-order valence-corrected chi connectivity index (χ0v) is 21.1. The van der Waals surface area contributed by atoms with E-state index < -0.39 is 5.97 Å². The summed E-state index contributed by atoms with van der Waals surface area (Å²) in [6, 6.07) is 19.8. The Hall–Kier alpha value is -5.05. The molecule has 0 fully saturated rings. The highest BCUT2D eigenvalue weighted by Crippen LogP contribution is 2.23. The third-order valence-corrected chi connectivity index (χ3v) is 5.52. The highest BCUT2D eigenvalue weighted by Gasteiger charge is 2.24. The number of hydrogen-bond acceptors (Lipinski definition) is 8. The summed E-state index contributed by atoms with van der Waals surface area (Å²) in [7, 11) is 0. The number of anilines is 1. The van der Waals surface area contributed by atoms with Gasteiger partial charge in [0.1, 0.15) is 23.0 Å². The molecule has 0 aromatic heterocycles. The minimum Gasteiger partial charge on any atom is -0.502 e. The molecule has 4 rings (SSSR count). The number of imide groups is 1. The van der Waals surface area contributed by atoms with E-state index in [1.807, 2.05) is 0 Å². The molecule has 1 heterocycles. The molecule has 200 valence electrons. The van der Waals surface area contributed by atoms with Gasteiger partial charge in [-0.1, -0.05) is 6.58 Å². The fraction of sp³-hybridized carbons (Fsp3) is 0.167. The van der Waals surface area contributed by atoms with Crippen molar-refractivity contribution in [2.75, 3.05) is 24.9 Å². The summed E-state index contributed by atoms with van der Waals surface area (Å²) in [5, 5.41) is 0. The summed E-state index contributed by atoms with van der Waals surface area (Å²) in [5.74, 6) is 0.806. The van der Waals surface area contributed by atoms with Crippen LogP contribution in [0.3, 0.4) is 0 Å². The summed E-state index contributed by atoms with van der Waals surface area (Å²) in [6.45, 7) is 4.59. The average molecular weight is 530 g/mol. The molecule has 0 radical (unpaired) electrons. The molecule has 3 aromatic carbocycles. The van der Waals surface area contributed by atoms with Crippen LogP contribution in [-0.2, 0) is 14.3 Å². The SMILES string of the molecule is C=COCCCCOc1ccc(C(=O)Oc2ccc(OCOc3ccc(N4C(=O)C=CC4=O)cc3)cc2)cc1. The topological polar surface area (TPSA) is 101 Å². The van der Waals surface area contributed by atoms with Crippen LogP contribution < -0.4 is 23.8 Å². The molecular weight excluding hydrogens is 502 g/mol. The third-order valence-electron chi connectivity index (χ3n) is 5.52. The van der Waals surface area contributed by atoms with Crippen molar-refractivity contribution in [3.05, 3.63) is 103 Å². The van der Waals surface area contributed by atoms with Gasteiger partial charge in [-0.2, -0.15) is 0 Å². The highest BCUT2D eigenvalue weighted by molar-refractivity contribution is 6.28. The van der Waals surface area contributed by atoms with E-state index in [9.17, 15) is 14.4 Å². The molecule has 9 nitrogen and oxygen atoms in total. The predicted octanol–water partition coefficient (Wildman–Crippen LogP) is 5.07. The number of unbranched alkanes of at least 4 members (excludes halogenated alkanes) is 1. The van der Waals surface area contributed by atoms with E-state index in [1.165, 1.54) is 18.4 Å². The van der Waals surface area contributed by atoms with Crippen LogP contribution in [0, 0.1) is 0 Å². The number of carbonyl (C=O) groups is 3. The Morgan fingerprint density at radius 3 is 1.82 bits per heavy atom. The molecule has 1 aliphatic rings. The summed E-state index contributed by atoms with van der Waals surface area (Å²) >= 11 is 0. The minimum atomic E-state index is -0.489. The first-order valence-electron chi connectivity index (χ1n) is 12.2. The van der Waals surface area contributed by atoms with Gasteiger partial charge in [-0.25, -0.2) is 9.69 Å². The molecule has 2 amide bonds. The van der Waals surface area contributed by atoms with E-state index in [4.69, 9.17) is 23.7 Å². The van der Waals surface area contributed by atoms with E-state index in [0.717, 1.165) is 17.7 Å². The van der Waals surface area contributed by atoms with E-state index >= 15 is 0 Å². The number of carbonyl (C=O) groups excluding carboxylic acids is 3. The van der Waals surface area contributed by atoms with Gasteiger partial charge in [0.05, 0.1) is 30.7 Å². The maximum absolute atomic E-state index is 12.5. The van der Waals surface area contributed by atoms with Crippen LogP contribution >= 0.6 is 0 Å². The van der Waals surface area contributed by atoms with E-state index in [0.29, 0.717) is 47.5 Å². The lowest BCUT2D eigenvalue weighted by Crippen LogP contribution is -2.29. The van der Waals surface area contributed by atoms with Gasteiger partial charge in [-0.15, -0.1) is 0 Å². The number of ether oxygens (including phenoxy) is 5. The second-order valence-electron chi connectivity index (χ2n) is 8.22. The molecular formula is C30H27NO8. The molecule has 0 aliphatic carbocycles. The molecule has 1 aliphatic heterocycles. The lowest BCUT2D eigenvalue weighted by molar-refractivity contribution is -0.120. The van der Waals surface area contributed by atoms with Crippen LogP contribution in [0.15, 0.2) is 97.8 Å². The van der Waals surface area contributed by atoms with Crippen LogP contribution in [0.1, 0.15) is 23.2 Å². The molecule has 0 bridgehead atoms.